The summed E-state index contributed by atoms with van der Waals surface area (Å²) in [5.41, 5.74) is 7.94. The first-order chi connectivity index (χ1) is 15.4. The Hall–Kier alpha value is -2.62. The van der Waals surface area contributed by atoms with Gasteiger partial charge in [0.2, 0.25) is 5.91 Å². The van der Waals surface area contributed by atoms with E-state index < -0.39 is 11.9 Å². The van der Waals surface area contributed by atoms with Crippen LogP contribution in [0.5, 0.6) is 0 Å². The fraction of sp³-hybridized carbons (Fsp3) is 0.304. The molecule has 2 aromatic carbocycles. The summed E-state index contributed by atoms with van der Waals surface area (Å²) in [6, 6.07) is 10.0. The Kier molecular flexibility index (Phi) is 6.65. The molecule has 6 nitrogen and oxygen atoms in total. The average molecular weight is 492 g/mol. The van der Waals surface area contributed by atoms with Crippen molar-refractivity contribution in [3.8, 4) is 11.3 Å². The number of rotatable bonds is 5. The number of imidazole rings is 1. The Morgan fingerprint density at radius 1 is 1.15 bits per heavy atom. The quantitative estimate of drug-likeness (QED) is 0.554. The molecule has 3 N–H and O–H groups in total. The second-order valence-corrected chi connectivity index (χ2v) is 8.67. The Bertz CT molecular complexity index is 1180. The molecule has 1 fully saturated rings. The van der Waals surface area contributed by atoms with Gasteiger partial charge >= 0.3 is 0 Å². The van der Waals surface area contributed by atoms with E-state index in [0.29, 0.717) is 48.2 Å². The van der Waals surface area contributed by atoms with E-state index in [2.05, 4.69) is 5.32 Å². The maximum Gasteiger partial charge on any atom is 0.240 e. The van der Waals surface area contributed by atoms with Crippen molar-refractivity contribution in [1.82, 2.24) is 14.5 Å². The highest BCUT2D eigenvalue weighted by Gasteiger charge is 2.37. The number of amides is 1. The number of nitrogens with two attached hydrogens (primary N) is 1. The molecule has 0 radical (unpaired) electrons. The standard InChI is InChI=1S/C23H22ClF2N5O.H2S/c24-17-8-7-16(11-18(17)26)28-22-21(14-3-5-15(25)6-4-14)29-19-12-30(9-10-31(19)22)23(32)20(27)13-1-2-13;/h3-8,11,13,20,28H,1-2,9-10,12,27H2;1H2/t20-;/m0./s1. The van der Waals surface area contributed by atoms with E-state index in [0.717, 1.165) is 12.8 Å². The fourth-order valence-corrected chi connectivity index (χ4v) is 4.15. The Morgan fingerprint density at radius 2 is 1.88 bits per heavy atom. The molecule has 0 saturated heterocycles. The van der Waals surface area contributed by atoms with Gasteiger partial charge in [-0.1, -0.05) is 11.6 Å². The first-order valence-electron chi connectivity index (χ1n) is 10.5. The lowest BCUT2D eigenvalue weighted by Gasteiger charge is -2.30. The average Bonchev–Trinajstić information content (AvgIpc) is 3.58. The van der Waals surface area contributed by atoms with E-state index in [1.54, 1.807) is 23.1 Å². The highest BCUT2D eigenvalue weighted by Crippen LogP contribution is 2.35. The van der Waals surface area contributed by atoms with Crippen molar-refractivity contribution in [3.63, 3.8) is 0 Å². The molecule has 10 heteroatoms. The van der Waals surface area contributed by atoms with Crippen LogP contribution in [-0.4, -0.2) is 32.9 Å². The number of fused-ring (bicyclic) bond motifs is 1. The third kappa shape index (κ3) is 4.71. The summed E-state index contributed by atoms with van der Waals surface area (Å²) in [6.45, 7) is 1.32. The molecule has 33 heavy (non-hydrogen) atoms. The van der Waals surface area contributed by atoms with Crippen LogP contribution in [0.1, 0.15) is 18.7 Å². The van der Waals surface area contributed by atoms with Gasteiger partial charge < -0.3 is 20.5 Å². The summed E-state index contributed by atoms with van der Waals surface area (Å²) in [6.07, 6.45) is 1.99. The second kappa shape index (κ2) is 9.32. The van der Waals surface area contributed by atoms with Crippen LogP contribution < -0.4 is 11.1 Å². The largest absolute Gasteiger partial charge is 0.340 e. The Morgan fingerprint density at radius 3 is 2.55 bits per heavy atom. The van der Waals surface area contributed by atoms with Gasteiger partial charge in [0.05, 0.1) is 17.6 Å². The molecule has 0 spiro atoms. The SMILES string of the molecule is N[C@H](C(=O)N1CCn2c(nc(-c3ccc(F)cc3)c2Nc2ccc(Cl)c(F)c2)C1)C1CC1.S. The number of hydrogen-bond donors (Lipinski definition) is 2. The van der Waals surface area contributed by atoms with Crippen molar-refractivity contribution in [2.75, 3.05) is 11.9 Å². The monoisotopic (exact) mass is 491 g/mol. The van der Waals surface area contributed by atoms with Gasteiger partial charge in [0.1, 0.15) is 29.0 Å². The number of aromatic nitrogens is 2. The zero-order chi connectivity index (χ0) is 22.4. The second-order valence-electron chi connectivity index (χ2n) is 8.26. The van der Waals surface area contributed by atoms with Gasteiger partial charge in [-0.3, -0.25) is 4.79 Å². The first kappa shape index (κ1) is 23.5. The van der Waals surface area contributed by atoms with E-state index in [9.17, 15) is 13.6 Å². The molecule has 0 unspecified atom stereocenters. The molecular formula is C23H24ClF2N5OS. The predicted octanol–water partition coefficient (Wildman–Crippen LogP) is 4.42. The topological polar surface area (TPSA) is 76.2 Å². The molecule has 1 atom stereocenters. The van der Waals surface area contributed by atoms with Crippen LogP contribution in [0.4, 0.5) is 20.3 Å². The van der Waals surface area contributed by atoms with E-state index >= 15 is 0 Å². The fourth-order valence-electron chi connectivity index (χ4n) is 4.03. The molecule has 5 rings (SSSR count). The van der Waals surface area contributed by atoms with Crippen molar-refractivity contribution < 1.29 is 13.6 Å². The molecule has 174 valence electrons. The lowest BCUT2D eigenvalue weighted by molar-refractivity contribution is -0.134. The summed E-state index contributed by atoms with van der Waals surface area (Å²) in [5, 5.41) is 3.27. The molecule has 0 bridgehead atoms. The number of anilines is 2. The van der Waals surface area contributed by atoms with Gasteiger partial charge in [-0.25, -0.2) is 13.8 Å². The van der Waals surface area contributed by atoms with Crippen LogP contribution in [0.3, 0.4) is 0 Å². The smallest absolute Gasteiger partial charge is 0.240 e. The minimum absolute atomic E-state index is 0. The highest BCUT2D eigenvalue weighted by atomic mass is 35.5. The number of nitrogens with one attached hydrogen (secondary N) is 1. The number of halogens is 3. The summed E-state index contributed by atoms with van der Waals surface area (Å²) in [5.74, 6) is 0.660. The Labute approximate surface area is 202 Å². The van der Waals surface area contributed by atoms with Crippen LogP contribution in [-0.2, 0) is 17.9 Å². The molecule has 1 aliphatic carbocycles. The van der Waals surface area contributed by atoms with Gasteiger partial charge in [-0.05, 0) is 61.2 Å². The van der Waals surface area contributed by atoms with Crippen LogP contribution >= 0.6 is 25.1 Å². The maximum absolute atomic E-state index is 14.0. The summed E-state index contributed by atoms with van der Waals surface area (Å²) >= 11 is 5.81. The van der Waals surface area contributed by atoms with Gasteiger partial charge in [-0.15, -0.1) is 0 Å². The van der Waals surface area contributed by atoms with Crippen LogP contribution in [0.25, 0.3) is 11.3 Å². The van der Waals surface area contributed by atoms with Gasteiger partial charge in [0, 0.05) is 24.3 Å². The molecule has 1 saturated carbocycles. The van der Waals surface area contributed by atoms with Gasteiger partial charge in [0.15, 0.2) is 0 Å². The highest BCUT2D eigenvalue weighted by molar-refractivity contribution is 7.59. The third-order valence-corrected chi connectivity index (χ3v) is 6.31. The minimum Gasteiger partial charge on any atom is -0.340 e. The molecular weight excluding hydrogens is 468 g/mol. The zero-order valence-corrected chi connectivity index (χ0v) is 19.4. The minimum atomic E-state index is -0.538. The number of hydrogen-bond acceptors (Lipinski definition) is 4. The zero-order valence-electron chi connectivity index (χ0n) is 17.7. The molecule has 1 aliphatic heterocycles. The molecule has 1 amide bonds. The first-order valence-corrected chi connectivity index (χ1v) is 10.9. The van der Waals surface area contributed by atoms with E-state index in [1.807, 2.05) is 4.57 Å². The predicted molar refractivity (Wildman–Crippen MR) is 129 cm³/mol. The van der Waals surface area contributed by atoms with Crippen molar-refractivity contribution in [2.45, 2.75) is 32.0 Å². The normalized spacial score (nSPS) is 16.1. The van der Waals surface area contributed by atoms with Crippen molar-refractivity contribution >= 4 is 42.5 Å². The third-order valence-electron chi connectivity index (χ3n) is 6.00. The number of benzene rings is 2. The van der Waals surface area contributed by atoms with Crippen LogP contribution in [0.2, 0.25) is 5.02 Å². The van der Waals surface area contributed by atoms with Crippen molar-refractivity contribution in [1.29, 1.82) is 0 Å². The van der Waals surface area contributed by atoms with Crippen molar-refractivity contribution in [3.05, 3.63) is 64.9 Å². The summed E-state index contributed by atoms with van der Waals surface area (Å²) < 4.78 is 29.5. The van der Waals surface area contributed by atoms with Crippen LogP contribution in [0, 0.1) is 17.6 Å². The molecule has 3 aromatic rings. The van der Waals surface area contributed by atoms with Crippen molar-refractivity contribution in [2.24, 2.45) is 11.7 Å². The van der Waals surface area contributed by atoms with Crippen LogP contribution in [0.15, 0.2) is 42.5 Å². The number of carbonyl (C=O) groups is 1. The molecule has 2 heterocycles. The van der Waals surface area contributed by atoms with Gasteiger partial charge in [-0.2, -0.15) is 13.5 Å². The van der Waals surface area contributed by atoms with E-state index in [1.165, 1.54) is 24.3 Å². The number of carbonyl (C=O) groups excluding carboxylic acids is 1. The summed E-state index contributed by atoms with van der Waals surface area (Å²) in [7, 11) is 0. The summed E-state index contributed by atoms with van der Waals surface area (Å²) in [4.78, 5) is 19.3. The lowest BCUT2D eigenvalue weighted by Crippen LogP contribution is -2.47. The van der Waals surface area contributed by atoms with E-state index in [-0.39, 0.29) is 36.2 Å². The van der Waals surface area contributed by atoms with Gasteiger partial charge in [0.25, 0.3) is 0 Å². The maximum atomic E-state index is 14.0. The van der Waals surface area contributed by atoms with E-state index in [4.69, 9.17) is 22.3 Å². The lowest BCUT2D eigenvalue weighted by atomic mass is 10.1. The number of nitrogens with zero attached hydrogens (tertiary/aromatic N) is 3. The molecule has 1 aromatic heterocycles. The Balaban J connectivity index is 0.00000259. The molecule has 2 aliphatic rings.